The zero-order chi connectivity index (χ0) is 21.1. The molecule has 1 aromatic heterocycles. The summed E-state index contributed by atoms with van der Waals surface area (Å²) in [5.41, 5.74) is 0.978. The number of benzene rings is 1. The van der Waals surface area contributed by atoms with Crippen LogP contribution in [-0.2, 0) is 11.3 Å². The first-order valence-electron chi connectivity index (χ1n) is 9.83. The van der Waals surface area contributed by atoms with E-state index in [0.29, 0.717) is 24.4 Å². The highest BCUT2D eigenvalue weighted by Crippen LogP contribution is 2.28. The van der Waals surface area contributed by atoms with Gasteiger partial charge in [0.1, 0.15) is 5.54 Å². The molecule has 0 spiro atoms. The maximum atomic E-state index is 13.2. The Hall–Kier alpha value is -2.36. The lowest BCUT2D eigenvalue weighted by molar-refractivity contribution is -0.122. The van der Waals surface area contributed by atoms with Crippen molar-refractivity contribution in [3.8, 4) is 0 Å². The second kappa shape index (κ2) is 8.79. The lowest BCUT2D eigenvalue weighted by Gasteiger charge is -2.35. The van der Waals surface area contributed by atoms with E-state index in [9.17, 15) is 14.4 Å². The van der Waals surface area contributed by atoms with Gasteiger partial charge in [-0.1, -0.05) is 12.1 Å². The molecule has 2 aliphatic rings. The van der Waals surface area contributed by atoms with Gasteiger partial charge in [0.2, 0.25) is 0 Å². The SMILES string of the molecule is C[C@@]1(CSc2ccccc2C(=O)N2CCN(Cc3ccsc3)CC2)NC(=O)NC1=O. The molecule has 3 heterocycles. The zero-order valence-corrected chi connectivity index (χ0v) is 18.4. The van der Waals surface area contributed by atoms with Gasteiger partial charge in [0, 0.05) is 43.4 Å². The lowest BCUT2D eigenvalue weighted by Crippen LogP contribution is -2.48. The second-order valence-corrected chi connectivity index (χ2v) is 9.52. The standard InChI is InChI=1S/C21H24N4O3S2/c1-21(19(27)22-20(28)23-21)14-30-17-5-3-2-4-16(17)18(26)25-9-7-24(8-10-25)12-15-6-11-29-13-15/h2-6,11,13H,7-10,12,14H2,1H3,(H2,22,23,27,28)/t21-/m0/s1. The number of carbonyl (C=O) groups is 3. The highest BCUT2D eigenvalue weighted by molar-refractivity contribution is 7.99. The van der Waals surface area contributed by atoms with Gasteiger partial charge in [-0.3, -0.25) is 19.8 Å². The number of piperazine rings is 1. The van der Waals surface area contributed by atoms with Crippen LogP contribution in [0.5, 0.6) is 0 Å². The number of nitrogens with one attached hydrogen (secondary N) is 2. The van der Waals surface area contributed by atoms with Crippen LogP contribution in [0.4, 0.5) is 4.79 Å². The van der Waals surface area contributed by atoms with Crippen molar-refractivity contribution >= 4 is 40.9 Å². The molecule has 9 heteroatoms. The van der Waals surface area contributed by atoms with Crippen molar-refractivity contribution in [2.45, 2.75) is 23.9 Å². The number of carbonyl (C=O) groups excluding carboxylic acids is 3. The average Bonchev–Trinajstić information content (AvgIpc) is 3.34. The van der Waals surface area contributed by atoms with Gasteiger partial charge in [-0.2, -0.15) is 11.3 Å². The van der Waals surface area contributed by atoms with Crippen LogP contribution < -0.4 is 10.6 Å². The molecular weight excluding hydrogens is 420 g/mol. The predicted molar refractivity (Wildman–Crippen MR) is 118 cm³/mol. The summed E-state index contributed by atoms with van der Waals surface area (Å²) in [6.45, 7) is 5.69. The maximum Gasteiger partial charge on any atom is 0.322 e. The van der Waals surface area contributed by atoms with Gasteiger partial charge in [0.15, 0.2) is 0 Å². The van der Waals surface area contributed by atoms with Gasteiger partial charge in [-0.25, -0.2) is 4.79 Å². The first-order chi connectivity index (χ1) is 14.4. The molecule has 2 saturated heterocycles. The molecule has 30 heavy (non-hydrogen) atoms. The molecule has 2 aromatic rings. The molecule has 1 atom stereocenters. The second-order valence-electron chi connectivity index (χ2n) is 7.73. The van der Waals surface area contributed by atoms with Crippen molar-refractivity contribution < 1.29 is 14.4 Å². The Balaban J connectivity index is 1.38. The smallest absolute Gasteiger partial charge is 0.322 e. The van der Waals surface area contributed by atoms with E-state index in [1.54, 1.807) is 18.3 Å². The molecule has 0 aliphatic carbocycles. The third kappa shape index (κ3) is 4.53. The number of urea groups is 1. The number of nitrogens with zero attached hydrogens (tertiary/aromatic N) is 2. The Morgan fingerprint density at radius 1 is 1.17 bits per heavy atom. The molecule has 0 radical (unpaired) electrons. The zero-order valence-electron chi connectivity index (χ0n) is 16.7. The summed E-state index contributed by atoms with van der Waals surface area (Å²) in [7, 11) is 0. The summed E-state index contributed by atoms with van der Waals surface area (Å²) >= 11 is 3.12. The molecule has 1 aromatic carbocycles. The molecule has 2 fully saturated rings. The van der Waals surface area contributed by atoms with E-state index in [4.69, 9.17) is 0 Å². The number of amides is 4. The summed E-state index contributed by atoms with van der Waals surface area (Å²) in [5, 5.41) is 9.19. The van der Waals surface area contributed by atoms with Crippen LogP contribution in [0.1, 0.15) is 22.8 Å². The molecule has 7 nitrogen and oxygen atoms in total. The first kappa shape index (κ1) is 20.9. The van der Waals surface area contributed by atoms with Crippen LogP contribution in [0.3, 0.4) is 0 Å². The summed E-state index contributed by atoms with van der Waals surface area (Å²) in [5.74, 6) is 0.0208. The van der Waals surface area contributed by atoms with E-state index in [1.807, 2.05) is 29.2 Å². The molecule has 0 unspecified atom stereocenters. The van der Waals surface area contributed by atoms with Gasteiger partial charge in [0.25, 0.3) is 11.8 Å². The molecule has 0 bridgehead atoms. The number of hydrogen-bond donors (Lipinski definition) is 2. The molecular formula is C21H24N4O3S2. The quantitative estimate of drug-likeness (QED) is 0.528. The minimum Gasteiger partial charge on any atom is -0.336 e. The Labute approximate surface area is 183 Å². The first-order valence-corrected chi connectivity index (χ1v) is 11.8. The monoisotopic (exact) mass is 444 g/mol. The van der Waals surface area contributed by atoms with Crippen molar-refractivity contribution in [1.82, 2.24) is 20.4 Å². The van der Waals surface area contributed by atoms with E-state index >= 15 is 0 Å². The number of imide groups is 1. The van der Waals surface area contributed by atoms with Crippen molar-refractivity contribution in [2.24, 2.45) is 0 Å². The third-order valence-electron chi connectivity index (χ3n) is 5.40. The van der Waals surface area contributed by atoms with E-state index in [0.717, 1.165) is 24.5 Å². The molecule has 4 rings (SSSR count). The highest BCUT2D eigenvalue weighted by Gasteiger charge is 2.42. The Bertz CT molecular complexity index is 941. The van der Waals surface area contributed by atoms with Crippen molar-refractivity contribution in [3.05, 3.63) is 52.2 Å². The number of thioether (sulfide) groups is 1. The number of hydrogen-bond acceptors (Lipinski definition) is 6. The minimum atomic E-state index is -0.981. The van der Waals surface area contributed by atoms with Crippen molar-refractivity contribution in [1.29, 1.82) is 0 Å². The van der Waals surface area contributed by atoms with E-state index < -0.39 is 11.6 Å². The molecule has 0 saturated carbocycles. The highest BCUT2D eigenvalue weighted by atomic mass is 32.2. The molecule has 2 aliphatic heterocycles. The van der Waals surface area contributed by atoms with Crippen molar-refractivity contribution in [3.63, 3.8) is 0 Å². The lowest BCUT2D eigenvalue weighted by atomic mass is 10.1. The van der Waals surface area contributed by atoms with Gasteiger partial charge in [0.05, 0.1) is 5.56 Å². The maximum absolute atomic E-state index is 13.2. The normalized spacial score (nSPS) is 22.1. The minimum absolute atomic E-state index is 0.0124. The van der Waals surface area contributed by atoms with E-state index in [1.165, 1.54) is 17.3 Å². The molecule has 158 valence electrons. The number of thiophene rings is 1. The van der Waals surface area contributed by atoms with Gasteiger partial charge in [-0.05, 0) is 41.4 Å². The predicted octanol–water partition coefficient (Wildman–Crippen LogP) is 2.40. The van der Waals surface area contributed by atoms with Crippen LogP contribution in [0, 0.1) is 0 Å². The Morgan fingerprint density at radius 2 is 1.93 bits per heavy atom. The van der Waals surface area contributed by atoms with Crippen LogP contribution >= 0.6 is 23.1 Å². The van der Waals surface area contributed by atoms with E-state index in [-0.39, 0.29) is 11.8 Å². The summed E-state index contributed by atoms with van der Waals surface area (Å²) < 4.78 is 0. The Morgan fingerprint density at radius 3 is 2.60 bits per heavy atom. The molecule has 2 N–H and O–H groups in total. The average molecular weight is 445 g/mol. The summed E-state index contributed by atoms with van der Waals surface area (Å²) in [6.07, 6.45) is 0. The topological polar surface area (TPSA) is 81.8 Å². The third-order valence-corrected chi connectivity index (χ3v) is 7.52. The van der Waals surface area contributed by atoms with Crippen LogP contribution in [0.15, 0.2) is 46.0 Å². The van der Waals surface area contributed by atoms with Gasteiger partial charge < -0.3 is 10.2 Å². The van der Waals surface area contributed by atoms with Crippen LogP contribution in [0.2, 0.25) is 0 Å². The number of rotatable bonds is 6. The Kier molecular flexibility index (Phi) is 6.12. The van der Waals surface area contributed by atoms with Gasteiger partial charge >= 0.3 is 6.03 Å². The van der Waals surface area contributed by atoms with E-state index in [2.05, 4.69) is 32.4 Å². The van der Waals surface area contributed by atoms with Crippen molar-refractivity contribution in [2.75, 3.05) is 31.9 Å². The van der Waals surface area contributed by atoms with Crippen LogP contribution in [-0.4, -0.2) is 65.1 Å². The van der Waals surface area contributed by atoms with Gasteiger partial charge in [-0.15, -0.1) is 11.8 Å². The van der Waals surface area contributed by atoms with Crippen LogP contribution in [0.25, 0.3) is 0 Å². The molecule has 4 amide bonds. The summed E-state index contributed by atoms with van der Waals surface area (Å²) in [4.78, 5) is 41.8. The fraction of sp³-hybridized carbons (Fsp3) is 0.381. The fourth-order valence-electron chi connectivity index (χ4n) is 3.59. The fourth-order valence-corrected chi connectivity index (χ4v) is 5.39. The summed E-state index contributed by atoms with van der Waals surface area (Å²) in [6, 6.07) is 9.13. The largest absolute Gasteiger partial charge is 0.336 e.